The SMILES string of the molecule is CC[C@@H](C)c1ccc2oc(-c3cccc(NC(=S)NC(=O)c4ccccc4I)c3)nc2c1. The molecule has 1 heterocycles. The normalized spacial score (nSPS) is 11.8. The zero-order chi connectivity index (χ0) is 22.7. The van der Waals surface area contributed by atoms with E-state index in [1.807, 2.05) is 48.5 Å². The fourth-order valence-electron chi connectivity index (χ4n) is 3.32. The Kier molecular flexibility index (Phi) is 6.86. The first-order valence-electron chi connectivity index (χ1n) is 10.3. The van der Waals surface area contributed by atoms with E-state index >= 15 is 0 Å². The first-order valence-corrected chi connectivity index (χ1v) is 11.8. The molecule has 4 rings (SSSR count). The number of oxazole rings is 1. The summed E-state index contributed by atoms with van der Waals surface area (Å²) in [6.07, 6.45) is 1.07. The summed E-state index contributed by atoms with van der Waals surface area (Å²) in [4.78, 5) is 17.2. The highest BCUT2D eigenvalue weighted by atomic mass is 127. The van der Waals surface area contributed by atoms with Crippen molar-refractivity contribution in [3.8, 4) is 11.5 Å². The van der Waals surface area contributed by atoms with Gasteiger partial charge in [0.15, 0.2) is 10.7 Å². The lowest BCUT2D eigenvalue weighted by molar-refractivity contribution is 0.0977. The molecule has 1 amide bonds. The molecule has 2 N–H and O–H groups in total. The number of amides is 1. The molecule has 0 saturated carbocycles. The average molecular weight is 555 g/mol. The van der Waals surface area contributed by atoms with Crippen LogP contribution in [0.1, 0.15) is 42.1 Å². The third-order valence-electron chi connectivity index (χ3n) is 5.31. The molecule has 0 aliphatic rings. The number of carbonyl (C=O) groups is 1. The van der Waals surface area contributed by atoms with E-state index in [1.165, 1.54) is 5.56 Å². The third-order valence-corrected chi connectivity index (χ3v) is 6.45. The van der Waals surface area contributed by atoms with Crippen LogP contribution in [-0.2, 0) is 0 Å². The highest BCUT2D eigenvalue weighted by molar-refractivity contribution is 14.1. The van der Waals surface area contributed by atoms with Gasteiger partial charge in [0.25, 0.3) is 5.91 Å². The number of aromatic nitrogens is 1. The van der Waals surface area contributed by atoms with E-state index in [1.54, 1.807) is 6.07 Å². The van der Waals surface area contributed by atoms with Gasteiger partial charge in [0.2, 0.25) is 5.89 Å². The summed E-state index contributed by atoms with van der Waals surface area (Å²) in [5.41, 5.74) is 4.99. The number of carbonyl (C=O) groups excluding carboxylic acids is 1. The molecular formula is C25H22IN3O2S. The first-order chi connectivity index (χ1) is 15.4. The summed E-state index contributed by atoms with van der Waals surface area (Å²) < 4.78 is 6.84. The van der Waals surface area contributed by atoms with Crippen LogP contribution < -0.4 is 10.6 Å². The number of nitrogens with zero attached hydrogens (tertiary/aromatic N) is 1. The van der Waals surface area contributed by atoms with Crippen molar-refractivity contribution >= 4 is 62.6 Å². The largest absolute Gasteiger partial charge is 0.436 e. The molecule has 0 aliphatic carbocycles. The first kappa shape index (κ1) is 22.4. The monoisotopic (exact) mass is 555 g/mol. The summed E-state index contributed by atoms with van der Waals surface area (Å²) >= 11 is 7.46. The minimum Gasteiger partial charge on any atom is -0.436 e. The van der Waals surface area contributed by atoms with Gasteiger partial charge in [-0.2, -0.15) is 0 Å². The summed E-state index contributed by atoms with van der Waals surface area (Å²) in [5.74, 6) is 0.765. The molecule has 162 valence electrons. The van der Waals surface area contributed by atoms with Gasteiger partial charge in [-0.25, -0.2) is 4.98 Å². The smallest absolute Gasteiger partial charge is 0.258 e. The van der Waals surface area contributed by atoms with Crippen molar-refractivity contribution in [2.24, 2.45) is 0 Å². The molecule has 3 aromatic carbocycles. The molecule has 0 bridgehead atoms. The maximum atomic E-state index is 12.5. The minimum atomic E-state index is -0.250. The summed E-state index contributed by atoms with van der Waals surface area (Å²) in [5, 5.41) is 6.02. The molecule has 1 atom stereocenters. The van der Waals surface area contributed by atoms with Gasteiger partial charge in [0.1, 0.15) is 5.52 Å². The molecule has 5 nitrogen and oxygen atoms in total. The Morgan fingerprint density at radius 3 is 2.72 bits per heavy atom. The number of fused-ring (bicyclic) bond motifs is 1. The summed E-state index contributed by atoms with van der Waals surface area (Å²) in [7, 11) is 0. The lowest BCUT2D eigenvalue weighted by Gasteiger charge is -2.11. The van der Waals surface area contributed by atoms with Crippen LogP contribution in [0.25, 0.3) is 22.6 Å². The van der Waals surface area contributed by atoms with Crippen LogP contribution in [0, 0.1) is 3.57 Å². The van der Waals surface area contributed by atoms with E-state index in [4.69, 9.17) is 16.6 Å². The van der Waals surface area contributed by atoms with Crippen LogP contribution in [0.15, 0.2) is 71.1 Å². The number of hydrogen-bond donors (Lipinski definition) is 2. The Morgan fingerprint density at radius 1 is 1.12 bits per heavy atom. The number of hydrogen-bond acceptors (Lipinski definition) is 4. The highest BCUT2D eigenvalue weighted by Gasteiger charge is 2.13. The van der Waals surface area contributed by atoms with Crippen molar-refractivity contribution in [3.05, 3.63) is 81.4 Å². The predicted molar refractivity (Wildman–Crippen MR) is 141 cm³/mol. The minimum absolute atomic E-state index is 0.225. The highest BCUT2D eigenvalue weighted by Crippen LogP contribution is 2.29. The lowest BCUT2D eigenvalue weighted by atomic mass is 9.98. The molecule has 0 fully saturated rings. The van der Waals surface area contributed by atoms with Crippen molar-refractivity contribution in [2.75, 3.05) is 5.32 Å². The lowest BCUT2D eigenvalue weighted by Crippen LogP contribution is -2.34. The number of nitrogens with one attached hydrogen (secondary N) is 2. The Labute approximate surface area is 205 Å². The van der Waals surface area contributed by atoms with Gasteiger partial charge in [0, 0.05) is 14.8 Å². The van der Waals surface area contributed by atoms with E-state index in [2.05, 4.69) is 64.2 Å². The fraction of sp³-hybridized carbons (Fsp3) is 0.160. The number of anilines is 1. The number of thiocarbonyl (C=S) groups is 1. The van der Waals surface area contributed by atoms with Crippen LogP contribution in [-0.4, -0.2) is 16.0 Å². The second-order valence-electron chi connectivity index (χ2n) is 7.52. The van der Waals surface area contributed by atoms with E-state index in [0.29, 0.717) is 17.4 Å². The van der Waals surface area contributed by atoms with E-state index in [-0.39, 0.29) is 11.0 Å². The summed E-state index contributed by atoms with van der Waals surface area (Å²) in [6, 6.07) is 21.1. The molecular weight excluding hydrogens is 533 g/mol. The van der Waals surface area contributed by atoms with Gasteiger partial charge in [0.05, 0.1) is 5.56 Å². The molecule has 0 spiro atoms. The van der Waals surface area contributed by atoms with E-state index < -0.39 is 0 Å². The molecule has 7 heteroatoms. The van der Waals surface area contributed by atoms with Crippen molar-refractivity contribution < 1.29 is 9.21 Å². The van der Waals surface area contributed by atoms with Crippen molar-refractivity contribution in [1.82, 2.24) is 10.3 Å². The molecule has 4 aromatic rings. The number of halogens is 1. The quantitative estimate of drug-likeness (QED) is 0.211. The van der Waals surface area contributed by atoms with Gasteiger partial charge < -0.3 is 9.73 Å². The van der Waals surface area contributed by atoms with Crippen LogP contribution in [0.5, 0.6) is 0 Å². The zero-order valence-corrected chi connectivity index (χ0v) is 20.7. The Hall–Kier alpha value is -2.78. The van der Waals surface area contributed by atoms with Gasteiger partial charge >= 0.3 is 0 Å². The second kappa shape index (κ2) is 9.79. The van der Waals surface area contributed by atoms with E-state index in [9.17, 15) is 4.79 Å². The number of benzene rings is 3. The molecule has 0 saturated heterocycles. The van der Waals surface area contributed by atoms with Crippen molar-refractivity contribution in [2.45, 2.75) is 26.2 Å². The van der Waals surface area contributed by atoms with Crippen LogP contribution in [0.4, 0.5) is 5.69 Å². The van der Waals surface area contributed by atoms with Crippen LogP contribution >= 0.6 is 34.8 Å². The molecule has 0 radical (unpaired) electrons. The summed E-state index contributed by atoms with van der Waals surface area (Å²) in [6.45, 7) is 4.38. The topological polar surface area (TPSA) is 67.2 Å². The van der Waals surface area contributed by atoms with Crippen LogP contribution in [0.2, 0.25) is 0 Å². The zero-order valence-electron chi connectivity index (χ0n) is 17.7. The molecule has 0 unspecified atom stereocenters. The molecule has 0 aliphatic heterocycles. The second-order valence-corrected chi connectivity index (χ2v) is 9.09. The Morgan fingerprint density at radius 2 is 1.94 bits per heavy atom. The van der Waals surface area contributed by atoms with Gasteiger partial charge in [-0.1, -0.05) is 38.1 Å². The maximum Gasteiger partial charge on any atom is 0.258 e. The van der Waals surface area contributed by atoms with Crippen molar-refractivity contribution in [1.29, 1.82) is 0 Å². The standard InChI is InChI=1S/C25H22IN3O2S/c1-3-15(2)16-11-12-22-21(14-16)28-24(31-22)17-7-6-8-18(13-17)27-25(32)29-23(30)19-9-4-5-10-20(19)26/h4-15H,3H2,1-2H3,(H2,27,29,30,32)/t15-/m1/s1. The number of rotatable bonds is 5. The van der Waals surface area contributed by atoms with E-state index in [0.717, 1.165) is 32.3 Å². The maximum absolute atomic E-state index is 12.5. The van der Waals surface area contributed by atoms with Gasteiger partial charge in [-0.05, 0) is 95.2 Å². The molecule has 32 heavy (non-hydrogen) atoms. The third kappa shape index (κ3) is 4.99. The van der Waals surface area contributed by atoms with Gasteiger partial charge in [-0.15, -0.1) is 0 Å². The Balaban J connectivity index is 1.50. The van der Waals surface area contributed by atoms with Crippen molar-refractivity contribution in [3.63, 3.8) is 0 Å². The van der Waals surface area contributed by atoms with Gasteiger partial charge in [-0.3, -0.25) is 10.1 Å². The van der Waals surface area contributed by atoms with Crippen LogP contribution in [0.3, 0.4) is 0 Å². The molecule has 1 aromatic heterocycles. The fourth-order valence-corrected chi connectivity index (χ4v) is 4.16. The predicted octanol–water partition coefficient (Wildman–Crippen LogP) is 6.74. The average Bonchev–Trinajstić information content (AvgIpc) is 3.22. The Bertz CT molecular complexity index is 1300.